The molecule has 0 fully saturated rings. The van der Waals surface area contributed by atoms with Crippen LogP contribution in [-0.4, -0.2) is 23.9 Å². The van der Waals surface area contributed by atoms with Gasteiger partial charge in [-0.15, -0.1) is 0 Å². The number of benzene rings is 1. The molecule has 2 nitrogen and oxygen atoms in total. The van der Waals surface area contributed by atoms with Crippen LogP contribution in [0.15, 0.2) is 30.3 Å². The van der Waals surface area contributed by atoms with Crippen molar-refractivity contribution >= 4 is 23.6 Å². The lowest BCUT2D eigenvalue weighted by molar-refractivity contribution is -0.125. The van der Waals surface area contributed by atoms with E-state index in [0.717, 1.165) is 31.5 Å². The van der Waals surface area contributed by atoms with Gasteiger partial charge in [0.1, 0.15) is 0 Å². The third kappa shape index (κ3) is 4.53. The van der Waals surface area contributed by atoms with Gasteiger partial charge in [-0.3, -0.25) is 4.79 Å². The second kappa shape index (κ2) is 7.93. The largest absolute Gasteiger partial charge is 0.339 e. The minimum atomic E-state index is 0.0471. The standard InChI is InChI=1S/C15H20ClNO/c1-3-5-12-17(4-2)15(18)11-10-13-8-6-7-9-14(13)16/h6-11H,3-5,12H2,1-2H3/b11-10+. The van der Waals surface area contributed by atoms with E-state index in [4.69, 9.17) is 11.6 Å². The predicted octanol–water partition coefficient (Wildman–Crippen LogP) is 4.00. The fraction of sp³-hybridized carbons (Fsp3) is 0.400. The zero-order valence-electron chi connectivity index (χ0n) is 11.0. The average Bonchev–Trinajstić information content (AvgIpc) is 2.38. The molecule has 0 saturated carbocycles. The second-order valence-corrected chi connectivity index (χ2v) is 4.53. The highest BCUT2D eigenvalue weighted by Gasteiger charge is 2.07. The topological polar surface area (TPSA) is 20.3 Å². The molecule has 98 valence electrons. The Bertz CT molecular complexity index is 415. The molecule has 3 heteroatoms. The highest BCUT2D eigenvalue weighted by atomic mass is 35.5. The van der Waals surface area contributed by atoms with E-state index >= 15 is 0 Å². The quantitative estimate of drug-likeness (QED) is 0.712. The first-order chi connectivity index (χ1) is 8.69. The molecule has 0 aliphatic carbocycles. The van der Waals surface area contributed by atoms with Gasteiger partial charge in [-0.1, -0.05) is 43.1 Å². The summed E-state index contributed by atoms with van der Waals surface area (Å²) in [7, 11) is 0. The van der Waals surface area contributed by atoms with Crippen LogP contribution in [0.4, 0.5) is 0 Å². The van der Waals surface area contributed by atoms with E-state index in [1.807, 2.05) is 36.1 Å². The molecule has 0 heterocycles. The van der Waals surface area contributed by atoms with Crippen molar-refractivity contribution in [2.45, 2.75) is 26.7 Å². The molecule has 0 aliphatic rings. The third-order valence-electron chi connectivity index (χ3n) is 2.79. The Hall–Kier alpha value is -1.28. The van der Waals surface area contributed by atoms with E-state index in [0.29, 0.717) is 5.02 Å². The SMILES string of the molecule is CCCCN(CC)C(=O)/C=C/c1ccccc1Cl. The van der Waals surface area contributed by atoms with Crippen LogP contribution >= 0.6 is 11.6 Å². The molecule has 0 unspecified atom stereocenters. The summed E-state index contributed by atoms with van der Waals surface area (Å²) in [5.74, 6) is 0.0471. The lowest BCUT2D eigenvalue weighted by Crippen LogP contribution is -2.30. The zero-order chi connectivity index (χ0) is 13.4. The molecular weight excluding hydrogens is 246 g/mol. The molecule has 0 aromatic heterocycles. The Morgan fingerprint density at radius 1 is 1.33 bits per heavy atom. The van der Waals surface area contributed by atoms with E-state index in [-0.39, 0.29) is 5.91 Å². The molecule has 0 aliphatic heterocycles. The van der Waals surface area contributed by atoms with Gasteiger partial charge in [0.05, 0.1) is 0 Å². The summed E-state index contributed by atoms with van der Waals surface area (Å²) in [5.41, 5.74) is 0.874. The summed E-state index contributed by atoms with van der Waals surface area (Å²) in [6, 6.07) is 7.50. The van der Waals surface area contributed by atoms with Gasteiger partial charge in [-0.25, -0.2) is 0 Å². The monoisotopic (exact) mass is 265 g/mol. The molecule has 1 rings (SSSR count). The van der Waals surface area contributed by atoms with E-state index in [1.165, 1.54) is 0 Å². The Morgan fingerprint density at radius 2 is 2.06 bits per heavy atom. The summed E-state index contributed by atoms with van der Waals surface area (Å²) >= 11 is 6.03. The maximum absolute atomic E-state index is 12.0. The highest BCUT2D eigenvalue weighted by Crippen LogP contribution is 2.16. The van der Waals surface area contributed by atoms with Crippen LogP contribution in [0, 0.1) is 0 Å². The van der Waals surface area contributed by atoms with Gasteiger partial charge in [-0.05, 0) is 31.1 Å². The van der Waals surface area contributed by atoms with Crippen LogP contribution < -0.4 is 0 Å². The minimum absolute atomic E-state index is 0.0471. The van der Waals surface area contributed by atoms with Crippen LogP contribution in [0.2, 0.25) is 5.02 Å². The van der Waals surface area contributed by atoms with Crippen LogP contribution in [0.3, 0.4) is 0 Å². The smallest absolute Gasteiger partial charge is 0.246 e. The van der Waals surface area contributed by atoms with Gasteiger partial charge in [-0.2, -0.15) is 0 Å². The van der Waals surface area contributed by atoms with E-state index in [1.54, 1.807) is 12.2 Å². The number of amides is 1. The number of carbonyl (C=O) groups excluding carboxylic acids is 1. The third-order valence-corrected chi connectivity index (χ3v) is 3.13. The number of nitrogens with zero attached hydrogens (tertiary/aromatic N) is 1. The van der Waals surface area contributed by atoms with Crippen molar-refractivity contribution in [1.29, 1.82) is 0 Å². The number of rotatable bonds is 6. The van der Waals surface area contributed by atoms with Crippen molar-refractivity contribution in [1.82, 2.24) is 4.90 Å². The lowest BCUT2D eigenvalue weighted by Gasteiger charge is -2.18. The van der Waals surface area contributed by atoms with Crippen LogP contribution in [0.25, 0.3) is 6.08 Å². The first-order valence-electron chi connectivity index (χ1n) is 6.40. The van der Waals surface area contributed by atoms with E-state index in [2.05, 4.69) is 6.92 Å². The maximum atomic E-state index is 12.0. The highest BCUT2D eigenvalue weighted by molar-refractivity contribution is 6.32. The number of likely N-dealkylation sites (N-methyl/N-ethyl adjacent to an activating group) is 1. The van der Waals surface area contributed by atoms with Crippen molar-refractivity contribution in [2.24, 2.45) is 0 Å². The average molecular weight is 266 g/mol. The molecule has 0 atom stereocenters. The first-order valence-corrected chi connectivity index (χ1v) is 6.78. The van der Waals surface area contributed by atoms with Crippen molar-refractivity contribution in [3.8, 4) is 0 Å². The van der Waals surface area contributed by atoms with Gasteiger partial charge < -0.3 is 4.90 Å². The zero-order valence-corrected chi connectivity index (χ0v) is 11.8. The fourth-order valence-corrected chi connectivity index (χ4v) is 1.85. The molecule has 0 N–H and O–H groups in total. The number of halogens is 1. The second-order valence-electron chi connectivity index (χ2n) is 4.13. The summed E-state index contributed by atoms with van der Waals surface area (Å²) in [4.78, 5) is 13.8. The molecule has 1 aromatic carbocycles. The van der Waals surface area contributed by atoms with Crippen LogP contribution in [0.5, 0.6) is 0 Å². The molecule has 1 amide bonds. The lowest BCUT2D eigenvalue weighted by atomic mass is 10.2. The van der Waals surface area contributed by atoms with Crippen LogP contribution in [0.1, 0.15) is 32.3 Å². The minimum Gasteiger partial charge on any atom is -0.339 e. The normalized spacial score (nSPS) is 10.8. The van der Waals surface area contributed by atoms with E-state index in [9.17, 15) is 4.79 Å². The molecule has 0 saturated heterocycles. The molecule has 18 heavy (non-hydrogen) atoms. The van der Waals surface area contributed by atoms with Crippen molar-refractivity contribution < 1.29 is 4.79 Å². The fourth-order valence-electron chi connectivity index (χ4n) is 1.65. The molecule has 0 spiro atoms. The maximum Gasteiger partial charge on any atom is 0.246 e. The Morgan fingerprint density at radius 3 is 2.67 bits per heavy atom. The van der Waals surface area contributed by atoms with Gasteiger partial charge in [0.25, 0.3) is 0 Å². The van der Waals surface area contributed by atoms with Crippen LogP contribution in [-0.2, 0) is 4.79 Å². The number of unbranched alkanes of at least 4 members (excludes halogenated alkanes) is 1. The van der Waals surface area contributed by atoms with E-state index < -0.39 is 0 Å². The van der Waals surface area contributed by atoms with Gasteiger partial charge in [0, 0.05) is 24.2 Å². The Kier molecular flexibility index (Phi) is 6.51. The number of hydrogen-bond donors (Lipinski definition) is 0. The van der Waals surface area contributed by atoms with Crippen molar-refractivity contribution in [3.05, 3.63) is 40.9 Å². The molecular formula is C15H20ClNO. The summed E-state index contributed by atoms with van der Waals surface area (Å²) in [6.45, 7) is 5.68. The summed E-state index contributed by atoms with van der Waals surface area (Å²) in [5, 5.41) is 0.665. The van der Waals surface area contributed by atoms with Gasteiger partial charge in [0.2, 0.25) is 5.91 Å². The predicted molar refractivity (Wildman–Crippen MR) is 77.6 cm³/mol. The molecule has 0 bridgehead atoms. The summed E-state index contributed by atoms with van der Waals surface area (Å²) in [6.07, 6.45) is 5.51. The molecule has 0 radical (unpaired) electrons. The van der Waals surface area contributed by atoms with Gasteiger partial charge in [0.15, 0.2) is 0 Å². The van der Waals surface area contributed by atoms with Crippen molar-refractivity contribution in [3.63, 3.8) is 0 Å². The summed E-state index contributed by atoms with van der Waals surface area (Å²) < 4.78 is 0. The Balaban J connectivity index is 2.65. The van der Waals surface area contributed by atoms with Crippen molar-refractivity contribution in [2.75, 3.05) is 13.1 Å². The Labute approximate surface area is 114 Å². The van der Waals surface area contributed by atoms with Gasteiger partial charge >= 0.3 is 0 Å². The number of carbonyl (C=O) groups is 1. The number of hydrogen-bond acceptors (Lipinski definition) is 1. The molecule has 1 aromatic rings. The first kappa shape index (κ1) is 14.8.